The zero-order valence-corrected chi connectivity index (χ0v) is 15.3. The fourth-order valence-electron chi connectivity index (χ4n) is 4.18. The molecular weight excluding hydrogens is 356 g/mol. The number of carboxylic acid groups (broad SMARTS) is 1. The average Bonchev–Trinajstić information content (AvgIpc) is 3.17. The Hall–Kier alpha value is -2.48. The Morgan fingerprint density at radius 1 is 1.33 bits per heavy atom. The normalized spacial score (nSPS) is 22.0. The maximum Gasteiger partial charge on any atom is 0.341 e. The van der Waals surface area contributed by atoms with E-state index in [1.165, 1.54) is 4.57 Å². The highest BCUT2D eigenvalue weighted by Crippen LogP contribution is 2.37. The highest BCUT2D eigenvalue weighted by atomic mass is 19.1. The lowest BCUT2D eigenvalue weighted by atomic mass is 10.0. The molecule has 0 amide bonds. The van der Waals surface area contributed by atoms with Crippen LogP contribution in [0.4, 0.5) is 14.5 Å². The molecule has 0 saturated carbocycles. The summed E-state index contributed by atoms with van der Waals surface area (Å²) in [5, 5.41) is 12.4. The molecule has 1 aromatic carbocycles. The molecule has 2 aliphatic rings. The number of aromatic carboxylic acids is 1. The number of fused-ring (bicyclic) bond motifs is 3. The molecule has 2 bridgehead atoms. The largest absolute Gasteiger partial charge is 0.477 e. The van der Waals surface area contributed by atoms with Crippen LogP contribution in [0.15, 0.2) is 17.1 Å². The van der Waals surface area contributed by atoms with Crippen molar-refractivity contribution in [1.82, 2.24) is 9.88 Å². The Morgan fingerprint density at radius 3 is 2.56 bits per heavy atom. The number of nitrogens with one attached hydrogen (secondary N) is 1. The van der Waals surface area contributed by atoms with Crippen LogP contribution in [0.2, 0.25) is 0 Å². The molecule has 6 nitrogen and oxygen atoms in total. The molecule has 2 saturated heterocycles. The average molecular weight is 377 g/mol. The molecule has 2 atom stereocenters. The van der Waals surface area contributed by atoms with Gasteiger partial charge in [0.05, 0.1) is 10.9 Å². The standard InChI is InChI=1S/C19H21F2N3O3/c1-19(2,3)24-8-12(18(26)27)17(25)11-5-13(20)16(14(21)15(11)24)23-7-9-4-10(23)6-22-9/h5,8-10,22H,4,6-7H2,1-3H3,(H,26,27). The number of hydrogen-bond donors (Lipinski definition) is 2. The predicted octanol–water partition coefficient (Wildman–Crippen LogP) is 2.28. The molecule has 0 aliphatic carbocycles. The van der Waals surface area contributed by atoms with Gasteiger partial charge in [-0.2, -0.15) is 0 Å². The molecule has 3 heterocycles. The van der Waals surface area contributed by atoms with Crippen molar-refractivity contribution in [2.24, 2.45) is 0 Å². The summed E-state index contributed by atoms with van der Waals surface area (Å²) in [6.07, 6.45) is 1.97. The predicted molar refractivity (Wildman–Crippen MR) is 97.6 cm³/mol. The summed E-state index contributed by atoms with van der Waals surface area (Å²) >= 11 is 0. The van der Waals surface area contributed by atoms with Gasteiger partial charge in [-0.3, -0.25) is 4.79 Å². The van der Waals surface area contributed by atoms with Crippen molar-refractivity contribution in [3.63, 3.8) is 0 Å². The summed E-state index contributed by atoms with van der Waals surface area (Å²) < 4.78 is 31.9. The summed E-state index contributed by atoms with van der Waals surface area (Å²) in [7, 11) is 0. The van der Waals surface area contributed by atoms with Crippen molar-refractivity contribution in [3.8, 4) is 0 Å². The topological polar surface area (TPSA) is 74.6 Å². The van der Waals surface area contributed by atoms with Crippen molar-refractivity contribution in [1.29, 1.82) is 0 Å². The highest BCUT2D eigenvalue weighted by molar-refractivity contribution is 5.94. The minimum absolute atomic E-state index is 0.00421. The number of halogens is 2. The van der Waals surface area contributed by atoms with Crippen molar-refractivity contribution >= 4 is 22.6 Å². The van der Waals surface area contributed by atoms with Crippen LogP contribution in [-0.4, -0.2) is 40.8 Å². The molecular formula is C19H21F2N3O3. The van der Waals surface area contributed by atoms with E-state index in [2.05, 4.69) is 5.32 Å². The first-order valence-electron chi connectivity index (χ1n) is 8.90. The Balaban J connectivity index is 2.06. The highest BCUT2D eigenvalue weighted by Gasteiger charge is 2.40. The number of aromatic nitrogens is 1. The molecule has 8 heteroatoms. The fraction of sp³-hybridized carbons (Fsp3) is 0.474. The molecule has 27 heavy (non-hydrogen) atoms. The summed E-state index contributed by atoms with van der Waals surface area (Å²) in [4.78, 5) is 25.7. The number of piperazine rings is 1. The number of benzene rings is 1. The molecule has 1 aromatic heterocycles. The molecule has 0 spiro atoms. The van der Waals surface area contributed by atoms with Crippen molar-refractivity contribution < 1.29 is 18.7 Å². The summed E-state index contributed by atoms with van der Waals surface area (Å²) in [6.45, 7) is 6.47. The number of carboxylic acids is 1. The van der Waals surface area contributed by atoms with Gasteiger partial charge in [-0.1, -0.05) is 0 Å². The number of carbonyl (C=O) groups is 1. The van der Waals surface area contributed by atoms with Gasteiger partial charge in [0.15, 0.2) is 5.82 Å². The fourth-order valence-corrected chi connectivity index (χ4v) is 4.18. The first kappa shape index (κ1) is 17.9. The Bertz CT molecular complexity index is 1030. The van der Waals surface area contributed by atoms with Gasteiger partial charge in [-0.15, -0.1) is 0 Å². The minimum Gasteiger partial charge on any atom is -0.477 e. The molecule has 144 valence electrons. The van der Waals surface area contributed by atoms with E-state index in [4.69, 9.17) is 0 Å². The first-order valence-corrected chi connectivity index (χ1v) is 8.90. The van der Waals surface area contributed by atoms with E-state index in [1.54, 1.807) is 25.7 Å². The quantitative estimate of drug-likeness (QED) is 0.840. The lowest BCUT2D eigenvalue weighted by Gasteiger charge is -2.32. The van der Waals surface area contributed by atoms with E-state index in [0.29, 0.717) is 13.1 Å². The van der Waals surface area contributed by atoms with Gasteiger partial charge < -0.3 is 19.9 Å². The lowest BCUT2D eigenvalue weighted by molar-refractivity contribution is 0.0694. The van der Waals surface area contributed by atoms with Crippen LogP contribution >= 0.6 is 0 Å². The van der Waals surface area contributed by atoms with Crippen LogP contribution in [0.1, 0.15) is 37.6 Å². The third-order valence-electron chi connectivity index (χ3n) is 5.45. The van der Waals surface area contributed by atoms with Crippen LogP contribution in [-0.2, 0) is 5.54 Å². The zero-order chi connectivity index (χ0) is 19.7. The smallest absolute Gasteiger partial charge is 0.341 e. The second kappa shape index (κ2) is 5.76. The van der Waals surface area contributed by atoms with Gasteiger partial charge >= 0.3 is 5.97 Å². The van der Waals surface area contributed by atoms with E-state index in [-0.39, 0.29) is 28.7 Å². The number of rotatable bonds is 2. The van der Waals surface area contributed by atoms with E-state index in [9.17, 15) is 19.1 Å². The first-order chi connectivity index (χ1) is 12.6. The molecule has 2 N–H and O–H groups in total. The van der Waals surface area contributed by atoms with Crippen LogP contribution in [0.25, 0.3) is 10.9 Å². The Labute approximate surface area is 154 Å². The van der Waals surface area contributed by atoms with Crippen LogP contribution in [0.3, 0.4) is 0 Å². The third-order valence-corrected chi connectivity index (χ3v) is 5.45. The molecule has 2 aromatic rings. The third kappa shape index (κ3) is 2.62. The number of pyridine rings is 1. The van der Waals surface area contributed by atoms with Gasteiger partial charge in [0.1, 0.15) is 17.1 Å². The van der Waals surface area contributed by atoms with E-state index in [1.807, 2.05) is 0 Å². The summed E-state index contributed by atoms with van der Waals surface area (Å²) in [5.74, 6) is -3.08. The van der Waals surface area contributed by atoms with Gasteiger partial charge in [0, 0.05) is 36.9 Å². The maximum absolute atomic E-state index is 15.6. The maximum atomic E-state index is 15.6. The van der Waals surface area contributed by atoms with Gasteiger partial charge in [-0.25, -0.2) is 13.6 Å². The van der Waals surface area contributed by atoms with Crippen molar-refractivity contribution in [3.05, 3.63) is 39.7 Å². The monoisotopic (exact) mass is 377 g/mol. The number of hydrogen-bond acceptors (Lipinski definition) is 4. The number of nitrogens with zero attached hydrogens (tertiary/aromatic N) is 2. The molecule has 2 fully saturated rings. The summed E-state index contributed by atoms with van der Waals surface area (Å²) in [5.41, 5.74) is -2.31. The summed E-state index contributed by atoms with van der Waals surface area (Å²) in [6, 6.07) is 1.18. The lowest BCUT2D eigenvalue weighted by Crippen LogP contribution is -2.44. The van der Waals surface area contributed by atoms with Crippen molar-refractivity contribution in [2.75, 3.05) is 18.0 Å². The Morgan fingerprint density at radius 2 is 2.04 bits per heavy atom. The Kier molecular flexibility index (Phi) is 3.82. The van der Waals surface area contributed by atoms with Crippen LogP contribution in [0.5, 0.6) is 0 Å². The van der Waals surface area contributed by atoms with E-state index < -0.39 is 34.1 Å². The van der Waals surface area contributed by atoms with Crippen molar-refractivity contribution in [2.45, 2.75) is 44.8 Å². The molecule has 0 radical (unpaired) electrons. The van der Waals surface area contributed by atoms with Crippen LogP contribution in [0, 0.1) is 11.6 Å². The van der Waals surface area contributed by atoms with Gasteiger partial charge in [0.25, 0.3) is 0 Å². The van der Waals surface area contributed by atoms with E-state index in [0.717, 1.165) is 18.7 Å². The number of anilines is 1. The molecule has 2 aliphatic heterocycles. The second-order valence-electron chi connectivity index (χ2n) is 8.28. The van der Waals surface area contributed by atoms with Gasteiger partial charge in [0.2, 0.25) is 5.43 Å². The van der Waals surface area contributed by atoms with E-state index >= 15 is 4.39 Å². The van der Waals surface area contributed by atoms with Gasteiger partial charge in [-0.05, 0) is 33.3 Å². The molecule has 2 unspecified atom stereocenters. The van der Waals surface area contributed by atoms with Crippen LogP contribution < -0.4 is 15.6 Å². The second-order valence-corrected chi connectivity index (χ2v) is 8.28. The minimum atomic E-state index is -1.42. The zero-order valence-electron chi connectivity index (χ0n) is 15.3. The SMILES string of the molecule is CC(C)(C)n1cc(C(=O)O)c(=O)c2cc(F)c(N3CC4CC3CN4)c(F)c21. The molecule has 4 rings (SSSR count).